The number of aliphatic carboxylic acids is 1. The number of carbonyl (C=O) groups is 1. The lowest BCUT2D eigenvalue weighted by atomic mass is 9.95. The number of carboxylic acids is 1. The Balaban J connectivity index is 2.71. The summed E-state index contributed by atoms with van der Waals surface area (Å²) in [4.78, 5) is 10.5. The first-order valence-corrected chi connectivity index (χ1v) is 5.04. The van der Waals surface area contributed by atoms with Crippen molar-refractivity contribution in [3.8, 4) is 0 Å². The number of aliphatic hydroxyl groups is 1. The lowest BCUT2D eigenvalue weighted by molar-refractivity contribution is -0.139. The molecule has 4 heteroatoms. The topological polar surface area (TPSA) is 57.5 Å². The van der Waals surface area contributed by atoms with Crippen LogP contribution < -0.4 is 0 Å². The van der Waals surface area contributed by atoms with E-state index in [1.165, 1.54) is 0 Å². The fourth-order valence-electron chi connectivity index (χ4n) is 1.38. The smallest absolute Gasteiger partial charge is 0.303 e. The van der Waals surface area contributed by atoms with Gasteiger partial charge in [0, 0.05) is 5.02 Å². The average molecular weight is 229 g/mol. The summed E-state index contributed by atoms with van der Waals surface area (Å²) in [6, 6.07) is 6.75. The van der Waals surface area contributed by atoms with Crippen LogP contribution in [0.3, 0.4) is 0 Å². The summed E-state index contributed by atoms with van der Waals surface area (Å²) < 4.78 is 0. The standard InChI is InChI=1S/C11H13ClO3/c1-7(6-10(13)14)11(15)8-2-4-9(12)5-3-8/h2-5,7,11,15H,6H2,1H3,(H,13,14). The van der Waals surface area contributed by atoms with Gasteiger partial charge < -0.3 is 10.2 Å². The van der Waals surface area contributed by atoms with Crippen LogP contribution in [0, 0.1) is 5.92 Å². The van der Waals surface area contributed by atoms with Gasteiger partial charge in [-0.2, -0.15) is 0 Å². The molecular weight excluding hydrogens is 216 g/mol. The van der Waals surface area contributed by atoms with E-state index in [2.05, 4.69) is 0 Å². The minimum Gasteiger partial charge on any atom is -0.481 e. The third-order valence-electron chi connectivity index (χ3n) is 2.25. The molecule has 0 aliphatic heterocycles. The van der Waals surface area contributed by atoms with E-state index in [9.17, 15) is 9.90 Å². The van der Waals surface area contributed by atoms with Gasteiger partial charge in [-0.25, -0.2) is 0 Å². The molecule has 0 radical (unpaired) electrons. The Labute approximate surface area is 93.3 Å². The monoisotopic (exact) mass is 228 g/mol. The van der Waals surface area contributed by atoms with E-state index < -0.39 is 12.1 Å². The minimum atomic E-state index is -0.907. The highest BCUT2D eigenvalue weighted by Gasteiger charge is 2.18. The van der Waals surface area contributed by atoms with Crippen molar-refractivity contribution in [1.82, 2.24) is 0 Å². The Morgan fingerprint density at radius 1 is 1.40 bits per heavy atom. The van der Waals surface area contributed by atoms with Gasteiger partial charge in [0.1, 0.15) is 0 Å². The maximum atomic E-state index is 10.5. The molecular formula is C11H13ClO3. The molecule has 0 aliphatic rings. The summed E-state index contributed by atoms with van der Waals surface area (Å²) in [5.74, 6) is -1.22. The largest absolute Gasteiger partial charge is 0.481 e. The molecule has 0 bridgehead atoms. The minimum absolute atomic E-state index is 0.0518. The van der Waals surface area contributed by atoms with Crippen LogP contribution in [-0.2, 0) is 4.79 Å². The molecule has 3 nitrogen and oxygen atoms in total. The summed E-state index contributed by atoms with van der Waals surface area (Å²) in [6.07, 6.45) is -0.817. The maximum absolute atomic E-state index is 10.5. The predicted molar refractivity (Wildman–Crippen MR) is 57.8 cm³/mol. The third-order valence-corrected chi connectivity index (χ3v) is 2.50. The lowest BCUT2D eigenvalue weighted by Crippen LogP contribution is -2.13. The fourth-order valence-corrected chi connectivity index (χ4v) is 1.50. The summed E-state index contributed by atoms with van der Waals surface area (Å²) in [5.41, 5.74) is 0.688. The Kier molecular flexibility index (Phi) is 4.12. The molecule has 2 unspecified atom stereocenters. The molecule has 1 aromatic carbocycles. The predicted octanol–water partition coefficient (Wildman–Crippen LogP) is 2.48. The van der Waals surface area contributed by atoms with Crippen LogP contribution in [-0.4, -0.2) is 16.2 Å². The quantitative estimate of drug-likeness (QED) is 0.833. The Hall–Kier alpha value is -1.06. The molecule has 0 spiro atoms. The second-order valence-electron chi connectivity index (χ2n) is 3.57. The fraction of sp³-hybridized carbons (Fsp3) is 0.364. The number of benzene rings is 1. The molecule has 2 N–H and O–H groups in total. The molecule has 82 valence electrons. The Morgan fingerprint density at radius 2 is 1.93 bits per heavy atom. The summed E-state index contributed by atoms with van der Waals surface area (Å²) >= 11 is 5.70. The van der Waals surface area contributed by atoms with Gasteiger partial charge in [-0.1, -0.05) is 30.7 Å². The highest BCUT2D eigenvalue weighted by molar-refractivity contribution is 6.30. The van der Waals surface area contributed by atoms with E-state index in [-0.39, 0.29) is 12.3 Å². The molecule has 0 heterocycles. The normalized spacial score (nSPS) is 14.6. The highest BCUT2D eigenvalue weighted by atomic mass is 35.5. The average Bonchev–Trinajstić information content (AvgIpc) is 2.17. The number of carboxylic acid groups (broad SMARTS) is 1. The van der Waals surface area contributed by atoms with Gasteiger partial charge in [-0.15, -0.1) is 0 Å². The van der Waals surface area contributed by atoms with Gasteiger partial charge in [0.15, 0.2) is 0 Å². The summed E-state index contributed by atoms with van der Waals surface area (Å²) in [6.45, 7) is 1.70. The first-order valence-electron chi connectivity index (χ1n) is 4.66. The van der Waals surface area contributed by atoms with Gasteiger partial charge in [-0.05, 0) is 23.6 Å². The number of hydrogen-bond donors (Lipinski definition) is 2. The number of hydrogen-bond acceptors (Lipinski definition) is 2. The van der Waals surface area contributed by atoms with Crippen LogP contribution in [0.25, 0.3) is 0 Å². The van der Waals surface area contributed by atoms with Gasteiger partial charge in [-0.3, -0.25) is 4.79 Å². The Morgan fingerprint density at radius 3 is 2.40 bits per heavy atom. The van der Waals surface area contributed by atoms with E-state index in [0.29, 0.717) is 10.6 Å². The van der Waals surface area contributed by atoms with E-state index in [0.717, 1.165) is 0 Å². The Bertz CT molecular complexity index is 334. The van der Waals surface area contributed by atoms with E-state index in [1.807, 2.05) is 0 Å². The van der Waals surface area contributed by atoms with Crippen molar-refractivity contribution in [3.05, 3.63) is 34.9 Å². The molecule has 15 heavy (non-hydrogen) atoms. The van der Waals surface area contributed by atoms with Crippen LogP contribution in [0.2, 0.25) is 5.02 Å². The molecule has 0 amide bonds. The maximum Gasteiger partial charge on any atom is 0.303 e. The SMILES string of the molecule is CC(CC(=O)O)C(O)c1ccc(Cl)cc1. The van der Waals surface area contributed by atoms with Crippen molar-refractivity contribution in [2.75, 3.05) is 0 Å². The van der Waals surface area contributed by atoms with E-state index >= 15 is 0 Å². The van der Waals surface area contributed by atoms with Gasteiger partial charge >= 0.3 is 5.97 Å². The summed E-state index contributed by atoms with van der Waals surface area (Å²) in [5, 5.41) is 19.0. The third kappa shape index (κ3) is 3.53. The first-order chi connectivity index (χ1) is 7.00. The second kappa shape index (κ2) is 5.14. The van der Waals surface area contributed by atoms with E-state index in [4.69, 9.17) is 16.7 Å². The van der Waals surface area contributed by atoms with Crippen molar-refractivity contribution in [3.63, 3.8) is 0 Å². The molecule has 2 atom stereocenters. The molecule has 1 aromatic rings. The zero-order valence-electron chi connectivity index (χ0n) is 8.35. The van der Waals surface area contributed by atoms with Crippen molar-refractivity contribution >= 4 is 17.6 Å². The molecule has 1 rings (SSSR count). The number of halogens is 1. The van der Waals surface area contributed by atoms with Crippen molar-refractivity contribution in [2.45, 2.75) is 19.4 Å². The van der Waals surface area contributed by atoms with Crippen molar-refractivity contribution < 1.29 is 15.0 Å². The highest BCUT2D eigenvalue weighted by Crippen LogP contribution is 2.25. The van der Waals surface area contributed by atoms with Crippen LogP contribution in [0.5, 0.6) is 0 Å². The van der Waals surface area contributed by atoms with Gasteiger partial charge in [0.2, 0.25) is 0 Å². The first kappa shape index (κ1) is 12.0. The lowest BCUT2D eigenvalue weighted by Gasteiger charge is -2.17. The van der Waals surface area contributed by atoms with Gasteiger partial charge in [0.05, 0.1) is 12.5 Å². The van der Waals surface area contributed by atoms with Crippen LogP contribution in [0.4, 0.5) is 0 Å². The molecule has 0 saturated carbocycles. The van der Waals surface area contributed by atoms with Gasteiger partial charge in [0.25, 0.3) is 0 Å². The van der Waals surface area contributed by atoms with Crippen LogP contribution in [0.15, 0.2) is 24.3 Å². The molecule has 0 aliphatic carbocycles. The number of aliphatic hydroxyl groups excluding tert-OH is 1. The molecule has 0 fully saturated rings. The summed E-state index contributed by atoms with van der Waals surface area (Å²) in [7, 11) is 0. The van der Waals surface area contributed by atoms with Crippen LogP contribution in [0.1, 0.15) is 25.0 Å². The zero-order chi connectivity index (χ0) is 11.4. The van der Waals surface area contributed by atoms with E-state index in [1.54, 1.807) is 31.2 Å². The second-order valence-corrected chi connectivity index (χ2v) is 4.01. The zero-order valence-corrected chi connectivity index (χ0v) is 9.11. The van der Waals surface area contributed by atoms with Crippen molar-refractivity contribution in [2.24, 2.45) is 5.92 Å². The molecule has 0 aromatic heterocycles. The van der Waals surface area contributed by atoms with Crippen LogP contribution >= 0.6 is 11.6 Å². The molecule has 0 saturated heterocycles. The van der Waals surface area contributed by atoms with Crippen molar-refractivity contribution in [1.29, 1.82) is 0 Å². The number of rotatable bonds is 4.